The predicted octanol–water partition coefficient (Wildman–Crippen LogP) is 1.19. The first-order valence-corrected chi connectivity index (χ1v) is 8.65. The molecule has 0 bridgehead atoms. The van der Waals surface area contributed by atoms with E-state index in [0.29, 0.717) is 13.0 Å². The largest absolute Gasteiger partial charge is 0.394 e. The van der Waals surface area contributed by atoms with Crippen molar-refractivity contribution in [2.45, 2.75) is 18.9 Å². The number of hydrogen-bond donors (Lipinski definition) is 3. The van der Waals surface area contributed by atoms with Gasteiger partial charge in [0.15, 0.2) is 0 Å². The van der Waals surface area contributed by atoms with Crippen LogP contribution in [0.1, 0.15) is 12.8 Å². The summed E-state index contributed by atoms with van der Waals surface area (Å²) in [5.41, 5.74) is 0.0292. The monoisotopic (exact) mass is 331 g/mol. The van der Waals surface area contributed by atoms with Gasteiger partial charge in [-0.15, -0.1) is 0 Å². The fraction of sp³-hybridized carbons (Fsp3) is 0.462. The number of hydrogen-bond acceptors (Lipinski definition) is 4. The Morgan fingerprint density at radius 2 is 2.23 bits per heavy atom. The standard InChI is InChI=1S/C13H18FN3O4S/c1-22(20,21)16-9-4-5-11(14)12(7-9)15-13(19)17-6-2-3-10(17)8-18/h4-5,7,10,16,18H,2-3,6,8H2,1H3,(H,15,19). The number of sulfonamides is 1. The number of benzene rings is 1. The summed E-state index contributed by atoms with van der Waals surface area (Å²) in [6.07, 6.45) is 2.45. The summed E-state index contributed by atoms with van der Waals surface area (Å²) in [6, 6.07) is 2.74. The lowest BCUT2D eigenvalue weighted by Crippen LogP contribution is -2.40. The number of carbonyl (C=O) groups excluding carboxylic acids is 1. The van der Waals surface area contributed by atoms with Crippen LogP contribution in [-0.2, 0) is 10.0 Å². The number of nitrogens with zero attached hydrogens (tertiary/aromatic N) is 1. The van der Waals surface area contributed by atoms with Crippen LogP contribution in [0, 0.1) is 5.82 Å². The molecule has 9 heteroatoms. The smallest absolute Gasteiger partial charge is 0.322 e. The van der Waals surface area contributed by atoms with Gasteiger partial charge in [0.1, 0.15) is 5.82 Å². The van der Waals surface area contributed by atoms with Crippen molar-refractivity contribution in [2.24, 2.45) is 0 Å². The molecule has 122 valence electrons. The lowest BCUT2D eigenvalue weighted by Gasteiger charge is -2.23. The molecule has 3 N–H and O–H groups in total. The van der Waals surface area contributed by atoms with Crippen molar-refractivity contribution in [1.29, 1.82) is 0 Å². The summed E-state index contributed by atoms with van der Waals surface area (Å²) in [7, 11) is -3.49. The van der Waals surface area contributed by atoms with Gasteiger partial charge in [-0.25, -0.2) is 17.6 Å². The van der Waals surface area contributed by atoms with Gasteiger partial charge in [0.05, 0.1) is 30.3 Å². The van der Waals surface area contributed by atoms with Crippen LogP contribution in [0.5, 0.6) is 0 Å². The molecule has 1 aliphatic rings. The molecule has 1 fully saturated rings. The maximum atomic E-state index is 13.8. The molecular formula is C13H18FN3O4S. The number of nitrogens with one attached hydrogen (secondary N) is 2. The number of aliphatic hydroxyl groups is 1. The SMILES string of the molecule is CS(=O)(=O)Nc1ccc(F)c(NC(=O)N2CCCC2CO)c1. The molecule has 0 saturated carbocycles. The van der Waals surface area contributed by atoms with E-state index in [1.54, 1.807) is 0 Å². The van der Waals surface area contributed by atoms with Crippen LogP contribution in [0.3, 0.4) is 0 Å². The number of likely N-dealkylation sites (tertiary alicyclic amines) is 1. The van der Waals surface area contributed by atoms with Crippen molar-refractivity contribution >= 4 is 27.4 Å². The van der Waals surface area contributed by atoms with Crippen LogP contribution in [0.25, 0.3) is 0 Å². The molecule has 0 aromatic heterocycles. The summed E-state index contributed by atoms with van der Waals surface area (Å²) >= 11 is 0. The Balaban J connectivity index is 2.14. The molecule has 1 aromatic carbocycles. The lowest BCUT2D eigenvalue weighted by molar-refractivity contribution is 0.166. The zero-order chi connectivity index (χ0) is 16.3. The van der Waals surface area contributed by atoms with Crippen LogP contribution < -0.4 is 10.0 Å². The highest BCUT2D eigenvalue weighted by Crippen LogP contribution is 2.23. The number of rotatable bonds is 4. The first kappa shape index (κ1) is 16.5. The Bertz CT molecular complexity index is 665. The van der Waals surface area contributed by atoms with Gasteiger partial charge >= 0.3 is 6.03 Å². The van der Waals surface area contributed by atoms with E-state index in [1.165, 1.54) is 17.0 Å². The molecule has 0 radical (unpaired) electrons. The minimum atomic E-state index is -3.49. The zero-order valence-electron chi connectivity index (χ0n) is 12.0. The van der Waals surface area contributed by atoms with Gasteiger partial charge in [0, 0.05) is 6.54 Å². The van der Waals surface area contributed by atoms with Gasteiger partial charge in [-0.05, 0) is 31.0 Å². The van der Waals surface area contributed by atoms with Crippen molar-refractivity contribution in [3.05, 3.63) is 24.0 Å². The maximum absolute atomic E-state index is 13.8. The number of urea groups is 1. The summed E-state index contributed by atoms with van der Waals surface area (Å²) in [4.78, 5) is 13.6. The second-order valence-electron chi connectivity index (χ2n) is 5.17. The van der Waals surface area contributed by atoms with Crippen molar-refractivity contribution in [3.63, 3.8) is 0 Å². The van der Waals surface area contributed by atoms with E-state index in [9.17, 15) is 22.7 Å². The number of aliphatic hydroxyl groups excluding tert-OH is 1. The van der Waals surface area contributed by atoms with Crippen molar-refractivity contribution in [1.82, 2.24) is 4.90 Å². The third kappa shape index (κ3) is 4.08. The topological polar surface area (TPSA) is 98.7 Å². The average molecular weight is 331 g/mol. The van der Waals surface area contributed by atoms with Crippen LogP contribution >= 0.6 is 0 Å². The van der Waals surface area contributed by atoms with Crippen molar-refractivity contribution in [3.8, 4) is 0 Å². The molecule has 1 unspecified atom stereocenters. The van der Waals surface area contributed by atoms with Gasteiger partial charge in [-0.1, -0.05) is 0 Å². The third-order valence-corrected chi connectivity index (χ3v) is 3.97. The normalized spacial score (nSPS) is 18.3. The van der Waals surface area contributed by atoms with Gasteiger partial charge in [0.2, 0.25) is 10.0 Å². The van der Waals surface area contributed by atoms with E-state index in [1.807, 2.05) is 0 Å². The first-order chi connectivity index (χ1) is 10.3. The Kier molecular flexibility index (Phi) is 4.87. The van der Waals surface area contributed by atoms with E-state index >= 15 is 0 Å². The van der Waals surface area contributed by atoms with Gasteiger partial charge in [0.25, 0.3) is 0 Å². The Hall–Kier alpha value is -1.87. The fourth-order valence-electron chi connectivity index (χ4n) is 2.38. The van der Waals surface area contributed by atoms with E-state index in [-0.39, 0.29) is 24.0 Å². The van der Waals surface area contributed by atoms with E-state index < -0.39 is 21.9 Å². The molecule has 0 spiro atoms. The van der Waals surface area contributed by atoms with Crippen molar-refractivity contribution < 1.29 is 22.7 Å². The third-order valence-electron chi connectivity index (χ3n) is 3.36. The molecule has 2 amide bonds. The highest BCUT2D eigenvalue weighted by molar-refractivity contribution is 7.92. The maximum Gasteiger partial charge on any atom is 0.322 e. The van der Waals surface area contributed by atoms with Crippen molar-refractivity contribution in [2.75, 3.05) is 29.4 Å². The second-order valence-corrected chi connectivity index (χ2v) is 6.92. The van der Waals surface area contributed by atoms with Crippen LogP contribution in [0.15, 0.2) is 18.2 Å². The highest BCUT2D eigenvalue weighted by Gasteiger charge is 2.28. The minimum Gasteiger partial charge on any atom is -0.394 e. The molecular weight excluding hydrogens is 313 g/mol. The molecule has 1 aliphatic heterocycles. The van der Waals surface area contributed by atoms with Crippen LogP contribution in [0.4, 0.5) is 20.6 Å². The number of amides is 2. The summed E-state index contributed by atoms with van der Waals surface area (Å²) in [5, 5.41) is 11.6. The highest BCUT2D eigenvalue weighted by atomic mass is 32.2. The average Bonchev–Trinajstić information content (AvgIpc) is 2.89. The fourth-order valence-corrected chi connectivity index (χ4v) is 2.93. The molecule has 1 aromatic rings. The number of anilines is 2. The molecule has 1 saturated heterocycles. The summed E-state index contributed by atoms with van der Waals surface area (Å²) in [5.74, 6) is -0.674. The van der Waals surface area contributed by atoms with Gasteiger partial charge in [-0.3, -0.25) is 4.72 Å². The predicted molar refractivity (Wildman–Crippen MR) is 80.7 cm³/mol. The molecule has 22 heavy (non-hydrogen) atoms. The minimum absolute atomic E-state index is 0.123. The van der Waals surface area contributed by atoms with Gasteiger partial charge < -0.3 is 15.3 Å². The number of halogens is 1. The van der Waals surface area contributed by atoms with Gasteiger partial charge in [-0.2, -0.15) is 0 Å². The second kappa shape index (κ2) is 6.49. The van der Waals surface area contributed by atoms with E-state index in [4.69, 9.17) is 0 Å². The van der Waals surface area contributed by atoms with Crippen LogP contribution in [0.2, 0.25) is 0 Å². The first-order valence-electron chi connectivity index (χ1n) is 6.76. The summed E-state index contributed by atoms with van der Waals surface area (Å²) in [6.45, 7) is 0.339. The Morgan fingerprint density at radius 1 is 1.50 bits per heavy atom. The lowest BCUT2D eigenvalue weighted by atomic mass is 10.2. The van der Waals surface area contributed by atoms with E-state index in [0.717, 1.165) is 18.7 Å². The molecule has 0 aliphatic carbocycles. The Labute approximate surface area is 128 Å². The molecule has 1 heterocycles. The molecule has 7 nitrogen and oxygen atoms in total. The zero-order valence-corrected chi connectivity index (χ0v) is 12.9. The summed E-state index contributed by atoms with van der Waals surface area (Å²) < 4.78 is 38.3. The quantitative estimate of drug-likeness (QED) is 0.771. The van der Waals surface area contributed by atoms with Crippen LogP contribution in [-0.4, -0.2) is 49.9 Å². The molecule has 2 rings (SSSR count). The van der Waals surface area contributed by atoms with E-state index in [2.05, 4.69) is 10.0 Å². The Morgan fingerprint density at radius 3 is 2.86 bits per heavy atom. The molecule has 1 atom stereocenters. The number of carbonyl (C=O) groups is 1.